The monoisotopic (exact) mass is 227 g/mol. The van der Waals surface area contributed by atoms with E-state index in [0.717, 1.165) is 12.8 Å². The molecule has 0 saturated heterocycles. The molecule has 0 amide bonds. The van der Waals surface area contributed by atoms with E-state index in [2.05, 4.69) is 4.90 Å². The van der Waals surface area contributed by atoms with E-state index in [4.69, 9.17) is 5.11 Å². The highest BCUT2D eigenvalue weighted by molar-refractivity contribution is 5.77. The van der Waals surface area contributed by atoms with E-state index in [0.29, 0.717) is 19.1 Å². The average Bonchev–Trinajstić information content (AvgIpc) is 2.25. The summed E-state index contributed by atoms with van der Waals surface area (Å²) in [7, 11) is 0. The average molecular weight is 227 g/mol. The molecule has 0 aromatic rings. The van der Waals surface area contributed by atoms with Crippen LogP contribution < -0.4 is 0 Å². The summed E-state index contributed by atoms with van der Waals surface area (Å²) < 4.78 is 0. The maximum absolute atomic E-state index is 11.2. The number of nitrogens with zero attached hydrogens (tertiary/aromatic N) is 1. The number of aliphatic carboxylic acids is 1. The van der Waals surface area contributed by atoms with E-state index in [-0.39, 0.29) is 12.2 Å². The van der Waals surface area contributed by atoms with E-state index in [1.807, 2.05) is 0 Å². The molecule has 4 nitrogen and oxygen atoms in total. The zero-order chi connectivity index (χ0) is 12.0. The summed E-state index contributed by atoms with van der Waals surface area (Å²) >= 11 is 0. The molecule has 16 heavy (non-hydrogen) atoms. The highest BCUT2D eigenvalue weighted by Gasteiger charge is 2.22. The molecule has 1 aliphatic carbocycles. The summed E-state index contributed by atoms with van der Waals surface area (Å²) in [6.07, 6.45) is 6.01. The van der Waals surface area contributed by atoms with Crippen LogP contribution in [0.2, 0.25) is 0 Å². The number of carbonyl (C=O) groups excluding carboxylic acids is 1. The first-order chi connectivity index (χ1) is 7.59. The first-order valence-electron chi connectivity index (χ1n) is 6.05. The van der Waals surface area contributed by atoms with Gasteiger partial charge < -0.3 is 5.11 Å². The lowest BCUT2D eigenvalue weighted by Gasteiger charge is -2.33. The van der Waals surface area contributed by atoms with Gasteiger partial charge in [-0.1, -0.05) is 19.3 Å². The topological polar surface area (TPSA) is 57.6 Å². The number of ketones is 1. The maximum Gasteiger partial charge on any atom is 0.304 e. The van der Waals surface area contributed by atoms with Crippen molar-refractivity contribution in [1.29, 1.82) is 0 Å². The predicted molar refractivity (Wildman–Crippen MR) is 61.4 cm³/mol. The largest absolute Gasteiger partial charge is 0.481 e. The van der Waals surface area contributed by atoms with Crippen molar-refractivity contribution in [3.05, 3.63) is 0 Å². The minimum atomic E-state index is -0.788. The first kappa shape index (κ1) is 13.2. The molecule has 1 rings (SSSR count). The maximum atomic E-state index is 11.2. The molecule has 0 bridgehead atoms. The smallest absolute Gasteiger partial charge is 0.304 e. The van der Waals surface area contributed by atoms with Crippen molar-refractivity contribution in [3.8, 4) is 0 Å². The number of carbonyl (C=O) groups is 2. The van der Waals surface area contributed by atoms with Crippen LogP contribution in [0.3, 0.4) is 0 Å². The van der Waals surface area contributed by atoms with Crippen molar-refractivity contribution in [3.63, 3.8) is 0 Å². The SMILES string of the molecule is CC(=O)CN(CCC(=O)O)C1CCCCC1. The second-order valence-electron chi connectivity index (χ2n) is 4.61. The summed E-state index contributed by atoms with van der Waals surface area (Å²) in [5.41, 5.74) is 0. The second kappa shape index (κ2) is 6.63. The van der Waals surface area contributed by atoms with Crippen LogP contribution in [-0.4, -0.2) is 40.9 Å². The Morgan fingerprint density at radius 1 is 1.25 bits per heavy atom. The highest BCUT2D eigenvalue weighted by Crippen LogP contribution is 2.22. The van der Waals surface area contributed by atoms with Crippen LogP contribution in [0.1, 0.15) is 45.4 Å². The zero-order valence-corrected chi connectivity index (χ0v) is 9.95. The summed E-state index contributed by atoms with van der Waals surface area (Å²) in [5, 5.41) is 8.68. The third kappa shape index (κ3) is 4.75. The molecule has 0 aromatic heterocycles. The number of Topliss-reactive ketones (excluding diaryl/α,β-unsaturated/α-hetero) is 1. The minimum absolute atomic E-state index is 0.121. The molecule has 0 radical (unpaired) electrons. The van der Waals surface area contributed by atoms with Crippen molar-refractivity contribution >= 4 is 11.8 Å². The van der Waals surface area contributed by atoms with Crippen LogP contribution in [0, 0.1) is 0 Å². The fourth-order valence-electron chi connectivity index (χ4n) is 2.36. The number of hydrogen-bond donors (Lipinski definition) is 1. The van der Waals surface area contributed by atoms with Gasteiger partial charge in [-0.3, -0.25) is 14.5 Å². The number of hydrogen-bond acceptors (Lipinski definition) is 3. The van der Waals surface area contributed by atoms with E-state index in [1.54, 1.807) is 6.92 Å². The molecule has 0 unspecified atom stereocenters. The van der Waals surface area contributed by atoms with Crippen molar-refractivity contribution in [1.82, 2.24) is 4.90 Å². The quantitative estimate of drug-likeness (QED) is 0.750. The van der Waals surface area contributed by atoms with Gasteiger partial charge in [-0.05, 0) is 19.8 Å². The molecule has 1 saturated carbocycles. The molecule has 0 heterocycles. The lowest BCUT2D eigenvalue weighted by molar-refractivity contribution is -0.138. The van der Waals surface area contributed by atoms with Crippen LogP contribution in [0.5, 0.6) is 0 Å². The molecule has 0 aromatic carbocycles. The van der Waals surface area contributed by atoms with Gasteiger partial charge in [0.2, 0.25) is 0 Å². The van der Waals surface area contributed by atoms with Crippen LogP contribution >= 0.6 is 0 Å². The van der Waals surface area contributed by atoms with Crippen LogP contribution in [-0.2, 0) is 9.59 Å². The van der Waals surface area contributed by atoms with Gasteiger partial charge in [0.05, 0.1) is 13.0 Å². The standard InChI is InChI=1S/C12H21NO3/c1-10(14)9-13(8-7-12(15)16)11-5-3-2-4-6-11/h11H,2-9H2,1H3,(H,15,16). The van der Waals surface area contributed by atoms with E-state index in [1.165, 1.54) is 19.3 Å². The lowest BCUT2D eigenvalue weighted by atomic mass is 9.94. The molecule has 0 aliphatic heterocycles. The third-order valence-electron chi connectivity index (χ3n) is 3.13. The van der Waals surface area contributed by atoms with Gasteiger partial charge >= 0.3 is 5.97 Å². The molecule has 4 heteroatoms. The van der Waals surface area contributed by atoms with Crippen molar-refractivity contribution in [2.24, 2.45) is 0 Å². The summed E-state index contributed by atoms with van der Waals surface area (Å²) in [6.45, 7) is 2.47. The van der Waals surface area contributed by atoms with Gasteiger partial charge in [0, 0.05) is 12.6 Å². The third-order valence-corrected chi connectivity index (χ3v) is 3.13. The molecule has 0 spiro atoms. The zero-order valence-electron chi connectivity index (χ0n) is 9.95. The number of carboxylic acid groups (broad SMARTS) is 1. The molecular weight excluding hydrogens is 206 g/mol. The molecular formula is C12H21NO3. The number of carboxylic acids is 1. The Hall–Kier alpha value is -0.900. The Labute approximate surface area is 96.6 Å². The fraction of sp³-hybridized carbons (Fsp3) is 0.833. The van der Waals surface area contributed by atoms with Crippen LogP contribution in [0.4, 0.5) is 0 Å². The van der Waals surface area contributed by atoms with Crippen molar-refractivity contribution in [2.75, 3.05) is 13.1 Å². The Morgan fingerprint density at radius 2 is 1.88 bits per heavy atom. The Kier molecular flexibility index (Phi) is 5.46. The molecule has 1 fully saturated rings. The summed E-state index contributed by atoms with van der Waals surface area (Å²) in [6, 6.07) is 0.414. The Bertz CT molecular complexity index is 247. The molecule has 1 N–H and O–H groups in total. The van der Waals surface area contributed by atoms with Gasteiger partial charge in [-0.15, -0.1) is 0 Å². The van der Waals surface area contributed by atoms with Gasteiger partial charge in [0.25, 0.3) is 0 Å². The van der Waals surface area contributed by atoms with Crippen molar-refractivity contribution in [2.45, 2.75) is 51.5 Å². The predicted octanol–water partition coefficient (Wildman–Crippen LogP) is 1.68. The Morgan fingerprint density at radius 3 is 2.38 bits per heavy atom. The molecule has 0 atom stereocenters. The van der Waals surface area contributed by atoms with Crippen LogP contribution in [0.25, 0.3) is 0 Å². The van der Waals surface area contributed by atoms with Gasteiger partial charge in [0.1, 0.15) is 5.78 Å². The minimum Gasteiger partial charge on any atom is -0.481 e. The van der Waals surface area contributed by atoms with E-state index < -0.39 is 5.97 Å². The first-order valence-corrected chi connectivity index (χ1v) is 6.05. The van der Waals surface area contributed by atoms with Gasteiger partial charge in [0.15, 0.2) is 0 Å². The fourth-order valence-corrected chi connectivity index (χ4v) is 2.36. The normalized spacial score (nSPS) is 17.6. The highest BCUT2D eigenvalue weighted by atomic mass is 16.4. The van der Waals surface area contributed by atoms with Gasteiger partial charge in [-0.2, -0.15) is 0 Å². The Balaban J connectivity index is 2.47. The van der Waals surface area contributed by atoms with Crippen molar-refractivity contribution < 1.29 is 14.7 Å². The van der Waals surface area contributed by atoms with E-state index >= 15 is 0 Å². The molecule has 92 valence electrons. The number of rotatable bonds is 6. The lowest BCUT2D eigenvalue weighted by Crippen LogP contribution is -2.41. The molecule has 1 aliphatic rings. The van der Waals surface area contributed by atoms with Crippen LogP contribution in [0.15, 0.2) is 0 Å². The van der Waals surface area contributed by atoms with Gasteiger partial charge in [-0.25, -0.2) is 0 Å². The summed E-state index contributed by atoms with van der Waals surface area (Å²) in [5.74, 6) is -0.666. The van der Waals surface area contributed by atoms with E-state index in [9.17, 15) is 9.59 Å². The summed E-state index contributed by atoms with van der Waals surface area (Å²) in [4.78, 5) is 23.8. The second-order valence-corrected chi connectivity index (χ2v) is 4.61.